The highest BCUT2D eigenvalue weighted by atomic mass is 19.1. The van der Waals surface area contributed by atoms with Crippen molar-refractivity contribution in [1.29, 1.82) is 5.26 Å². The monoisotopic (exact) mass is 291 g/mol. The van der Waals surface area contributed by atoms with Gasteiger partial charge in [-0.05, 0) is 32.0 Å². The van der Waals surface area contributed by atoms with Crippen molar-refractivity contribution in [2.75, 3.05) is 26.2 Å². The summed E-state index contributed by atoms with van der Waals surface area (Å²) >= 11 is 0. The summed E-state index contributed by atoms with van der Waals surface area (Å²) in [7, 11) is 0. The zero-order valence-corrected chi connectivity index (χ0v) is 12.6. The first-order valence-corrected chi connectivity index (χ1v) is 7.32. The van der Waals surface area contributed by atoms with Crippen molar-refractivity contribution in [3.05, 3.63) is 35.1 Å². The van der Waals surface area contributed by atoms with Crippen LogP contribution in [0.5, 0.6) is 0 Å². The molecule has 0 amide bonds. The van der Waals surface area contributed by atoms with E-state index < -0.39 is 0 Å². The minimum absolute atomic E-state index is 0.256. The van der Waals surface area contributed by atoms with Crippen LogP contribution in [0.4, 0.5) is 4.39 Å². The van der Waals surface area contributed by atoms with E-state index in [1.54, 1.807) is 13.0 Å². The van der Waals surface area contributed by atoms with Crippen LogP contribution in [0.1, 0.15) is 25.0 Å². The molecule has 0 aromatic heterocycles. The fourth-order valence-electron chi connectivity index (χ4n) is 2.83. The fraction of sp³-hybridized carbons (Fsp3) is 0.562. The maximum atomic E-state index is 13.8. The van der Waals surface area contributed by atoms with Gasteiger partial charge < -0.3 is 5.11 Å². The van der Waals surface area contributed by atoms with Gasteiger partial charge in [0.25, 0.3) is 0 Å². The summed E-state index contributed by atoms with van der Waals surface area (Å²) in [6.45, 7) is 7.65. The molecule has 0 spiro atoms. The van der Waals surface area contributed by atoms with Crippen LogP contribution in [0.15, 0.2) is 18.2 Å². The smallest absolute Gasteiger partial charge is 0.127 e. The van der Waals surface area contributed by atoms with E-state index in [4.69, 9.17) is 5.26 Å². The van der Waals surface area contributed by atoms with Gasteiger partial charge in [-0.25, -0.2) is 4.39 Å². The molecule has 1 aliphatic heterocycles. The zero-order chi connectivity index (χ0) is 15.4. The molecule has 2 rings (SSSR count). The summed E-state index contributed by atoms with van der Waals surface area (Å²) < 4.78 is 13.8. The van der Waals surface area contributed by atoms with Gasteiger partial charge in [0.15, 0.2) is 0 Å². The van der Waals surface area contributed by atoms with Crippen molar-refractivity contribution in [2.24, 2.45) is 0 Å². The van der Waals surface area contributed by atoms with Crippen LogP contribution in [0.25, 0.3) is 0 Å². The second-order valence-corrected chi connectivity index (χ2v) is 5.85. The average Bonchev–Trinajstić information content (AvgIpc) is 2.44. The minimum Gasteiger partial charge on any atom is -0.392 e. The number of hydrogen-bond acceptors (Lipinski definition) is 4. The van der Waals surface area contributed by atoms with Crippen LogP contribution >= 0.6 is 0 Å². The van der Waals surface area contributed by atoms with Gasteiger partial charge >= 0.3 is 0 Å². The Balaban J connectivity index is 1.98. The van der Waals surface area contributed by atoms with E-state index >= 15 is 0 Å². The standard InChI is InChI=1S/C16H22FN3O/c1-12-9-19(5-6-20(12)10-13(2)21)11-15-7-14(8-18)3-4-16(15)17/h3-4,7,12-13,21H,5-6,9-11H2,1-2H3/t12-,13+/m0/s1. The molecule has 0 saturated carbocycles. The second kappa shape index (κ2) is 6.99. The molecule has 21 heavy (non-hydrogen) atoms. The number of piperazine rings is 1. The molecule has 2 atom stereocenters. The number of halogens is 1. The molecular formula is C16H22FN3O. The number of aliphatic hydroxyl groups is 1. The number of benzene rings is 1. The molecule has 0 bridgehead atoms. The van der Waals surface area contributed by atoms with Crippen LogP contribution in [0.3, 0.4) is 0 Å². The van der Waals surface area contributed by atoms with Crippen molar-refractivity contribution in [3.63, 3.8) is 0 Å². The molecule has 1 aromatic carbocycles. The topological polar surface area (TPSA) is 50.5 Å². The van der Waals surface area contributed by atoms with E-state index in [2.05, 4.69) is 16.7 Å². The molecular weight excluding hydrogens is 269 g/mol. The first-order valence-electron chi connectivity index (χ1n) is 7.32. The molecule has 1 aliphatic rings. The van der Waals surface area contributed by atoms with Crippen molar-refractivity contribution in [3.8, 4) is 6.07 Å². The van der Waals surface area contributed by atoms with E-state index in [1.807, 2.05) is 6.07 Å². The first-order chi connectivity index (χ1) is 9.99. The maximum absolute atomic E-state index is 13.8. The maximum Gasteiger partial charge on any atom is 0.127 e. The predicted molar refractivity (Wildman–Crippen MR) is 79.1 cm³/mol. The van der Waals surface area contributed by atoms with Gasteiger partial charge in [-0.2, -0.15) is 5.26 Å². The average molecular weight is 291 g/mol. The van der Waals surface area contributed by atoms with Crippen LogP contribution in [-0.4, -0.2) is 53.2 Å². The Morgan fingerprint density at radius 3 is 2.86 bits per heavy atom. The van der Waals surface area contributed by atoms with E-state index in [0.717, 1.165) is 19.6 Å². The van der Waals surface area contributed by atoms with Crippen LogP contribution in [0.2, 0.25) is 0 Å². The lowest BCUT2D eigenvalue weighted by atomic mass is 10.1. The molecule has 0 unspecified atom stereocenters. The summed E-state index contributed by atoms with van der Waals surface area (Å²) in [5.41, 5.74) is 1.07. The van der Waals surface area contributed by atoms with Crippen molar-refractivity contribution in [1.82, 2.24) is 9.80 Å². The van der Waals surface area contributed by atoms with Crippen molar-refractivity contribution >= 4 is 0 Å². The number of rotatable bonds is 4. The van der Waals surface area contributed by atoms with Gasteiger partial charge in [-0.1, -0.05) is 0 Å². The zero-order valence-electron chi connectivity index (χ0n) is 12.6. The number of nitriles is 1. The SMILES string of the molecule is C[C@@H](O)CN1CCN(Cc2cc(C#N)ccc2F)C[C@@H]1C. The highest BCUT2D eigenvalue weighted by Crippen LogP contribution is 2.16. The van der Waals surface area contributed by atoms with E-state index in [9.17, 15) is 9.50 Å². The highest BCUT2D eigenvalue weighted by molar-refractivity contribution is 5.33. The van der Waals surface area contributed by atoms with Crippen LogP contribution < -0.4 is 0 Å². The molecule has 0 radical (unpaired) electrons. The third kappa shape index (κ3) is 4.24. The Labute approximate surface area is 125 Å². The van der Waals surface area contributed by atoms with Gasteiger partial charge in [0.1, 0.15) is 5.82 Å². The Kier molecular flexibility index (Phi) is 5.29. The molecule has 1 aromatic rings. The predicted octanol–water partition coefficient (Wildman–Crippen LogP) is 1.58. The lowest BCUT2D eigenvalue weighted by molar-refractivity contribution is 0.0419. The lowest BCUT2D eigenvalue weighted by Crippen LogP contribution is -2.53. The quantitative estimate of drug-likeness (QED) is 0.915. The molecule has 0 aliphatic carbocycles. The van der Waals surface area contributed by atoms with Crippen molar-refractivity contribution < 1.29 is 9.50 Å². The van der Waals surface area contributed by atoms with Crippen LogP contribution in [-0.2, 0) is 6.54 Å². The normalized spacial score (nSPS) is 22.0. The summed E-state index contributed by atoms with van der Waals surface area (Å²) in [6.07, 6.45) is -0.330. The van der Waals surface area contributed by atoms with Gasteiger partial charge in [0.05, 0.1) is 17.7 Å². The molecule has 1 fully saturated rings. The Morgan fingerprint density at radius 1 is 1.48 bits per heavy atom. The Bertz CT molecular complexity index is 527. The molecule has 114 valence electrons. The Morgan fingerprint density at radius 2 is 2.24 bits per heavy atom. The minimum atomic E-state index is -0.330. The largest absolute Gasteiger partial charge is 0.392 e. The molecule has 4 nitrogen and oxygen atoms in total. The number of β-amino-alcohol motifs (C(OH)–C–C–N with tert-alkyl or cyclic N) is 1. The van der Waals surface area contributed by atoms with E-state index in [0.29, 0.717) is 30.3 Å². The van der Waals surface area contributed by atoms with Gasteiger partial charge in [0.2, 0.25) is 0 Å². The first kappa shape index (κ1) is 15.9. The number of hydrogen-bond donors (Lipinski definition) is 1. The summed E-state index contributed by atoms with van der Waals surface area (Å²) in [4.78, 5) is 4.45. The summed E-state index contributed by atoms with van der Waals surface area (Å²) in [5.74, 6) is -0.256. The molecule has 1 heterocycles. The van der Waals surface area contributed by atoms with E-state index in [1.165, 1.54) is 12.1 Å². The van der Waals surface area contributed by atoms with Gasteiger partial charge in [-0.3, -0.25) is 9.80 Å². The third-order valence-electron chi connectivity index (χ3n) is 3.92. The summed E-state index contributed by atoms with van der Waals surface area (Å²) in [5, 5.41) is 18.4. The lowest BCUT2D eigenvalue weighted by Gasteiger charge is -2.40. The van der Waals surface area contributed by atoms with Gasteiger partial charge in [-0.15, -0.1) is 0 Å². The van der Waals surface area contributed by atoms with E-state index in [-0.39, 0.29) is 11.9 Å². The molecule has 1 N–H and O–H groups in total. The third-order valence-corrected chi connectivity index (χ3v) is 3.92. The van der Waals surface area contributed by atoms with Crippen molar-refractivity contribution in [2.45, 2.75) is 32.5 Å². The fourth-order valence-corrected chi connectivity index (χ4v) is 2.83. The molecule has 5 heteroatoms. The number of nitrogens with zero attached hydrogens (tertiary/aromatic N) is 3. The highest BCUT2D eigenvalue weighted by Gasteiger charge is 2.24. The van der Waals surface area contributed by atoms with Gasteiger partial charge in [0, 0.05) is 44.3 Å². The van der Waals surface area contributed by atoms with Crippen LogP contribution in [0, 0.1) is 17.1 Å². The number of aliphatic hydroxyl groups excluding tert-OH is 1. The summed E-state index contributed by atoms with van der Waals surface area (Å²) in [6, 6.07) is 6.87. The second-order valence-electron chi connectivity index (χ2n) is 5.85. The Hall–Kier alpha value is -1.48. The molecule has 1 saturated heterocycles.